The number of ether oxygens (including phenoxy) is 3. The highest BCUT2D eigenvalue weighted by atomic mass is 127. The Morgan fingerprint density at radius 1 is 1.16 bits per heavy atom. The highest BCUT2D eigenvalue weighted by molar-refractivity contribution is 14.0. The topological polar surface area (TPSA) is 64.1 Å². The zero-order valence-corrected chi connectivity index (χ0v) is 22.2. The first-order chi connectivity index (χ1) is 15.0. The summed E-state index contributed by atoms with van der Waals surface area (Å²) >= 11 is 6.58. The van der Waals surface area contributed by atoms with Crippen LogP contribution in [0.5, 0.6) is 11.5 Å². The summed E-state index contributed by atoms with van der Waals surface area (Å²) in [4.78, 5) is 4.44. The quantitative estimate of drug-likeness (QED) is 0.279. The Labute approximate surface area is 213 Å². The zero-order chi connectivity index (χ0) is 22.3. The lowest BCUT2D eigenvalue weighted by Crippen LogP contribution is -2.48. The number of nitrogens with one attached hydrogen (secondary N) is 2. The van der Waals surface area contributed by atoms with Gasteiger partial charge in [0.25, 0.3) is 0 Å². The van der Waals surface area contributed by atoms with Crippen molar-refractivity contribution in [3.05, 3.63) is 58.6 Å². The highest BCUT2D eigenvalue weighted by Crippen LogP contribution is 2.38. The molecule has 2 N–H and O–H groups in total. The van der Waals surface area contributed by atoms with Gasteiger partial charge in [0, 0.05) is 42.8 Å². The first kappa shape index (κ1) is 26.5. The molecule has 1 heterocycles. The smallest absolute Gasteiger partial charge is 0.191 e. The van der Waals surface area contributed by atoms with Crippen LogP contribution in [0.15, 0.2) is 47.5 Å². The predicted octanol–water partition coefficient (Wildman–Crippen LogP) is 4.95. The molecule has 1 aliphatic rings. The van der Waals surface area contributed by atoms with Crippen LogP contribution in [0, 0.1) is 0 Å². The molecule has 0 saturated carbocycles. The van der Waals surface area contributed by atoms with E-state index in [2.05, 4.69) is 28.6 Å². The summed E-state index contributed by atoms with van der Waals surface area (Å²) in [7, 11) is 5.10. The first-order valence-corrected chi connectivity index (χ1v) is 10.9. The monoisotopic (exact) mass is 573 g/mol. The number of rotatable bonds is 7. The van der Waals surface area contributed by atoms with Crippen molar-refractivity contribution in [1.29, 1.82) is 0 Å². The molecule has 1 atom stereocenters. The molecule has 1 saturated heterocycles. The third-order valence-corrected chi connectivity index (χ3v) is 6.30. The summed E-state index contributed by atoms with van der Waals surface area (Å²) in [5.74, 6) is 2.30. The number of hydrogen-bond acceptors (Lipinski definition) is 4. The van der Waals surface area contributed by atoms with Crippen molar-refractivity contribution in [2.75, 3.05) is 41.0 Å². The van der Waals surface area contributed by atoms with Crippen LogP contribution in [0.25, 0.3) is 0 Å². The van der Waals surface area contributed by atoms with E-state index in [1.807, 2.05) is 36.4 Å². The lowest BCUT2D eigenvalue weighted by atomic mass is 9.74. The largest absolute Gasteiger partial charge is 0.497 e. The van der Waals surface area contributed by atoms with E-state index in [4.69, 9.17) is 25.8 Å². The van der Waals surface area contributed by atoms with Crippen molar-refractivity contribution in [3.63, 3.8) is 0 Å². The highest BCUT2D eigenvalue weighted by Gasteiger charge is 2.36. The van der Waals surface area contributed by atoms with Gasteiger partial charge in [0.1, 0.15) is 11.5 Å². The molecule has 0 spiro atoms. The summed E-state index contributed by atoms with van der Waals surface area (Å²) in [6, 6.07) is 13.8. The van der Waals surface area contributed by atoms with Crippen molar-refractivity contribution in [2.45, 2.75) is 31.2 Å². The van der Waals surface area contributed by atoms with Crippen LogP contribution in [-0.4, -0.2) is 47.0 Å². The van der Waals surface area contributed by atoms with Crippen LogP contribution in [0.3, 0.4) is 0 Å². The van der Waals surface area contributed by atoms with Gasteiger partial charge in [-0.05, 0) is 49.6 Å². The minimum absolute atomic E-state index is 0. The lowest BCUT2D eigenvalue weighted by molar-refractivity contribution is 0.0514. The van der Waals surface area contributed by atoms with Crippen LogP contribution in [-0.2, 0) is 10.2 Å². The van der Waals surface area contributed by atoms with Crippen molar-refractivity contribution < 1.29 is 14.2 Å². The van der Waals surface area contributed by atoms with Gasteiger partial charge in [-0.1, -0.05) is 29.8 Å². The van der Waals surface area contributed by atoms with Gasteiger partial charge in [-0.25, -0.2) is 0 Å². The molecular formula is C24H33ClIN3O3. The van der Waals surface area contributed by atoms with Crippen LogP contribution in [0.2, 0.25) is 5.02 Å². The van der Waals surface area contributed by atoms with Crippen LogP contribution in [0.1, 0.15) is 36.9 Å². The van der Waals surface area contributed by atoms with E-state index < -0.39 is 0 Å². The maximum Gasteiger partial charge on any atom is 0.191 e. The molecule has 1 fully saturated rings. The number of benzene rings is 2. The molecule has 176 valence electrons. The molecule has 0 radical (unpaired) electrons. The number of guanidine groups is 1. The van der Waals surface area contributed by atoms with Gasteiger partial charge >= 0.3 is 0 Å². The second-order valence-electron chi connectivity index (χ2n) is 7.77. The maximum atomic E-state index is 6.58. The fourth-order valence-electron chi connectivity index (χ4n) is 4.10. The third-order valence-electron chi connectivity index (χ3n) is 5.97. The zero-order valence-electron chi connectivity index (χ0n) is 19.1. The average molecular weight is 574 g/mol. The van der Waals surface area contributed by atoms with Crippen LogP contribution < -0.4 is 20.1 Å². The molecule has 6 nitrogen and oxygen atoms in total. The molecule has 2 aromatic carbocycles. The fourth-order valence-corrected chi connectivity index (χ4v) is 4.44. The van der Waals surface area contributed by atoms with E-state index in [0.717, 1.165) is 59.7 Å². The Kier molecular flexibility index (Phi) is 10.4. The molecule has 0 aromatic heterocycles. The van der Waals surface area contributed by atoms with Gasteiger partial charge in [-0.2, -0.15) is 0 Å². The number of halogens is 2. The Morgan fingerprint density at radius 2 is 1.88 bits per heavy atom. The minimum atomic E-state index is -0.106. The maximum absolute atomic E-state index is 6.58. The summed E-state index contributed by atoms with van der Waals surface area (Å²) in [6.45, 7) is 4.22. The third kappa shape index (κ3) is 6.20. The molecule has 0 bridgehead atoms. The van der Waals surface area contributed by atoms with Crippen LogP contribution in [0.4, 0.5) is 0 Å². The van der Waals surface area contributed by atoms with Gasteiger partial charge in [0.15, 0.2) is 5.96 Å². The van der Waals surface area contributed by atoms with Crippen molar-refractivity contribution in [2.24, 2.45) is 4.99 Å². The second-order valence-corrected chi connectivity index (χ2v) is 8.18. The number of aliphatic imine (C=N–C) groups is 1. The first-order valence-electron chi connectivity index (χ1n) is 10.5. The number of methoxy groups -OCH3 is 2. The van der Waals surface area contributed by atoms with E-state index in [1.54, 1.807) is 21.3 Å². The van der Waals surface area contributed by atoms with Gasteiger partial charge in [0.2, 0.25) is 0 Å². The molecule has 3 rings (SSSR count). The standard InChI is InChI=1S/C24H32ClN3O3.HI/c1-17(19-15-18(29-3)9-10-22(19)30-4)28-23(26-2)27-16-24(11-13-31-14-12-24)20-7-5-6-8-21(20)25;/h5-10,15,17H,11-14,16H2,1-4H3,(H2,26,27,28);1H. The SMILES string of the molecule is CN=C(NCC1(c2ccccc2Cl)CCOCC1)NC(C)c1cc(OC)ccc1OC.I. The molecule has 0 amide bonds. The molecule has 32 heavy (non-hydrogen) atoms. The van der Waals surface area contributed by atoms with E-state index in [-0.39, 0.29) is 35.4 Å². The molecule has 1 unspecified atom stereocenters. The van der Waals surface area contributed by atoms with E-state index in [9.17, 15) is 0 Å². The fraction of sp³-hybridized carbons (Fsp3) is 0.458. The van der Waals surface area contributed by atoms with E-state index >= 15 is 0 Å². The Bertz CT molecular complexity index is 904. The van der Waals surface area contributed by atoms with Gasteiger partial charge < -0.3 is 24.8 Å². The van der Waals surface area contributed by atoms with Gasteiger partial charge in [-0.3, -0.25) is 4.99 Å². The lowest BCUT2D eigenvalue weighted by Gasteiger charge is -2.39. The molecular weight excluding hydrogens is 541 g/mol. The second kappa shape index (κ2) is 12.5. The van der Waals surface area contributed by atoms with E-state index in [1.165, 1.54) is 0 Å². The molecule has 1 aliphatic heterocycles. The van der Waals surface area contributed by atoms with E-state index in [0.29, 0.717) is 6.54 Å². The van der Waals surface area contributed by atoms with Crippen molar-refractivity contribution >= 4 is 41.5 Å². The average Bonchev–Trinajstić information content (AvgIpc) is 2.82. The summed E-state index contributed by atoms with van der Waals surface area (Å²) in [5, 5.41) is 7.79. The summed E-state index contributed by atoms with van der Waals surface area (Å²) in [5.41, 5.74) is 2.05. The Hall–Kier alpha value is -1.71. The minimum Gasteiger partial charge on any atom is -0.497 e. The Morgan fingerprint density at radius 3 is 2.50 bits per heavy atom. The van der Waals surface area contributed by atoms with Gasteiger partial charge in [0.05, 0.1) is 20.3 Å². The van der Waals surface area contributed by atoms with Crippen molar-refractivity contribution in [1.82, 2.24) is 10.6 Å². The van der Waals surface area contributed by atoms with Crippen LogP contribution >= 0.6 is 35.6 Å². The Balaban J connectivity index is 0.00000363. The number of hydrogen-bond donors (Lipinski definition) is 2. The van der Waals surface area contributed by atoms with Crippen molar-refractivity contribution in [3.8, 4) is 11.5 Å². The van der Waals surface area contributed by atoms with Gasteiger partial charge in [-0.15, -0.1) is 24.0 Å². The summed E-state index contributed by atoms with van der Waals surface area (Å²) in [6.07, 6.45) is 1.81. The molecule has 8 heteroatoms. The predicted molar refractivity (Wildman–Crippen MR) is 141 cm³/mol. The normalized spacial score (nSPS) is 16.5. The molecule has 0 aliphatic carbocycles. The number of nitrogens with zero attached hydrogens (tertiary/aromatic N) is 1. The molecule has 2 aromatic rings. The summed E-state index contributed by atoms with van der Waals surface area (Å²) < 4.78 is 16.6.